The van der Waals surface area contributed by atoms with Crippen LogP contribution in [0.3, 0.4) is 0 Å². The number of nitrogens with zero attached hydrogens (tertiary/aromatic N) is 1. The number of hydrogen-bond acceptors (Lipinski definition) is 4. The normalized spacial score (nSPS) is 16.6. The van der Waals surface area contributed by atoms with Crippen LogP contribution in [0.15, 0.2) is 76.2 Å². The molecule has 174 valence electrons. The molecule has 0 heterocycles. The van der Waals surface area contributed by atoms with Crippen LogP contribution in [0.4, 0.5) is 5.69 Å². The highest BCUT2D eigenvalue weighted by Crippen LogP contribution is 2.33. The zero-order valence-electron chi connectivity index (χ0n) is 19.4. The van der Waals surface area contributed by atoms with Gasteiger partial charge >= 0.3 is 0 Å². The first-order valence-corrected chi connectivity index (χ1v) is 13.1. The maximum atomic E-state index is 12.9. The topological polar surface area (TPSA) is 64.9 Å². The number of para-hydroxylation sites is 1. The summed E-state index contributed by atoms with van der Waals surface area (Å²) in [6.45, 7) is 0. The van der Waals surface area contributed by atoms with Crippen molar-refractivity contribution in [1.82, 2.24) is 5.32 Å². The third kappa shape index (κ3) is 8.98. The van der Waals surface area contributed by atoms with Crippen molar-refractivity contribution in [2.45, 2.75) is 86.5 Å². The summed E-state index contributed by atoms with van der Waals surface area (Å²) < 4.78 is 0. The van der Waals surface area contributed by atoms with Crippen LogP contribution in [0.1, 0.15) is 70.6 Å². The lowest BCUT2D eigenvalue weighted by molar-refractivity contribution is -0.117. The lowest BCUT2D eigenvalue weighted by Crippen LogP contribution is -2.35. The van der Waals surface area contributed by atoms with Crippen LogP contribution in [0.5, 0.6) is 0 Å². The van der Waals surface area contributed by atoms with Gasteiger partial charge in [0.2, 0.25) is 0 Å². The van der Waals surface area contributed by atoms with Crippen molar-refractivity contribution in [2.24, 2.45) is 0 Å². The minimum atomic E-state index is -0.282. The Morgan fingerprint density at radius 2 is 1.42 bits per heavy atom. The van der Waals surface area contributed by atoms with E-state index < -0.39 is 0 Å². The van der Waals surface area contributed by atoms with Gasteiger partial charge in [0.25, 0.3) is 5.91 Å². The van der Waals surface area contributed by atoms with Crippen LogP contribution in [0.25, 0.3) is 0 Å². The number of carbonyl (C=O) groups is 1. The van der Waals surface area contributed by atoms with E-state index >= 15 is 0 Å². The Morgan fingerprint density at radius 1 is 0.848 bits per heavy atom. The first-order chi connectivity index (χ1) is 16.3. The molecule has 2 aromatic rings. The number of rotatable bonds is 6. The Balaban J connectivity index is 1.61. The number of anilines is 1. The molecule has 1 aliphatic rings. The van der Waals surface area contributed by atoms with Gasteiger partial charge in [-0.1, -0.05) is 99.9 Å². The van der Waals surface area contributed by atoms with E-state index in [1.54, 1.807) is 11.8 Å². The second-order valence-electron chi connectivity index (χ2n) is 8.66. The number of nitrogens with one attached hydrogen (secondary N) is 2. The van der Waals surface area contributed by atoms with Crippen LogP contribution >= 0.6 is 11.8 Å². The quantitative estimate of drug-likeness (QED) is 0.346. The minimum Gasteiger partial charge on any atom is -0.359 e. The number of benzene rings is 2. The monoisotopic (exact) mass is 461 g/mol. The molecule has 1 amide bonds. The van der Waals surface area contributed by atoms with Crippen molar-refractivity contribution >= 4 is 23.4 Å². The Labute approximate surface area is 202 Å². The van der Waals surface area contributed by atoms with Crippen LogP contribution in [-0.4, -0.2) is 11.9 Å². The first kappa shape index (κ1) is 24.9. The SMILES string of the molecule is N#C/C(=C/Nc1ccccc1Sc1ccccc1)C(=O)NC1CCCCCCCCCCC1. The summed E-state index contributed by atoms with van der Waals surface area (Å²) in [5.74, 6) is -0.282. The molecule has 1 aliphatic carbocycles. The molecular weight excluding hydrogens is 426 g/mol. The standard InChI is InChI=1S/C28H35N3OS/c29-21-23(28(32)31-24-15-9-6-4-2-1-3-5-7-10-16-24)22-30-26-19-13-14-20-27(26)33-25-17-11-8-12-18-25/h8,11-14,17-20,22,24,30H,1-7,9-10,15-16H2,(H,31,32)/b23-22-. The highest BCUT2D eigenvalue weighted by Gasteiger charge is 2.16. The van der Waals surface area contributed by atoms with Crippen molar-refractivity contribution < 1.29 is 4.79 Å². The first-order valence-electron chi connectivity index (χ1n) is 12.3. The van der Waals surface area contributed by atoms with Crippen molar-refractivity contribution in [3.05, 3.63) is 66.4 Å². The van der Waals surface area contributed by atoms with E-state index in [0.717, 1.165) is 41.2 Å². The van der Waals surface area contributed by atoms with Gasteiger partial charge in [0, 0.05) is 22.0 Å². The Hall–Kier alpha value is -2.71. The Kier molecular flexibility index (Phi) is 10.9. The molecule has 0 spiro atoms. The van der Waals surface area contributed by atoms with Crippen LogP contribution in [0.2, 0.25) is 0 Å². The molecule has 5 heteroatoms. The van der Waals surface area contributed by atoms with Gasteiger partial charge in [-0.25, -0.2) is 0 Å². The van der Waals surface area contributed by atoms with E-state index in [-0.39, 0.29) is 17.5 Å². The van der Waals surface area contributed by atoms with Crippen molar-refractivity contribution in [3.63, 3.8) is 0 Å². The summed E-state index contributed by atoms with van der Waals surface area (Å²) in [5, 5.41) is 16.0. The molecule has 0 aromatic heterocycles. The smallest absolute Gasteiger partial charge is 0.263 e. The summed E-state index contributed by atoms with van der Waals surface area (Å²) in [6, 6.07) is 20.3. The number of hydrogen-bond donors (Lipinski definition) is 2. The Bertz CT molecular complexity index is 924. The summed E-state index contributed by atoms with van der Waals surface area (Å²) in [5.41, 5.74) is 0.985. The van der Waals surface area contributed by atoms with Crippen LogP contribution in [-0.2, 0) is 4.79 Å². The lowest BCUT2D eigenvalue weighted by atomic mass is 9.98. The molecule has 0 unspecified atom stereocenters. The number of carbonyl (C=O) groups excluding carboxylic acids is 1. The highest BCUT2D eigenvalue weighted by atomic mass is 32.2. The van der Waals surface area contributed by atoms with Gasteiger partial charge in [-0.05, 0) is 37.1 Å². The van der Waals surface area contributed by atoms with Crippen LogP contribution < -0.4 is 10.6 Å². The van der Waals surface area contributed by atoms with E-state index in [1.165, 1.54) is 51.1 Å². The fourth-order valence-corrected chi connectivity index (χ4v) is 5.09. The van der Waals surface area contributed by atoms with E-state index in [9.17, 15) is 10.1 Å². The summed E-state index contributed by atoms with van der Waals surface area (Å²) in [6.07, 6.45) is 14.8. The molecule has 2 aromatic carbocycles. The largest absolute Gasteiger partial charge is 0.359 e. The highest BCUT2D eigenvalue weighted by molar-refractivity contribution is 7.99. The fourth-order valence-electron chi connectivity index (χ4n) is 4.16. The van der Waals surface area contributed by atoms with E-state index in [0.29, 0.717) is 0 Å². The maximum absolute atomic E-state index is 12.9. The molecule has 3 rings (SSSR count). The Morgan fingerprint density at radius 3 is 2.06 bits per heavy atom. The predicted octanol–water partition coefficient (Wildman–Crippen LogP) is 7.45. The molecule has 33 heavy (non-hydrogen) atoms. The van der Waals surface area contributed by atoms with Crippen molar-refractivity contribution in [1.29, 1.82) is 5.26 Å². The number of nitriles is 1. The third-order valence-electron chi connectivity index (χ3n) is 6.04. The molecule has 0 aliphatic heterocycles. The molecule has 1 saturated carbocycles. The van der Waals surface area contributed by atoms with Crippen molar-refractivity contribution in [2.75, 3.05) is 5.32 Å². The molecule has 1 fully saturated rings. The summed E-state index contributed by atoms with van der Waals surface area (Å²) in [4.78, 5) is 15.0. The lowest BCUT2D eigenvalue weighted by Gasteiger charge is -2.19. The van der Waals surface area contributed by atoms with Gasteiger partial charge in [0.15, 0.2) is 0 Å². The second kappa shape index (κ2) is 14.4. The van der Waals surface area contributed by atoms with Gasteiger partial charge < -0.3 is 10.6 Å². The predicted molar refractivity (Wildman–Crippen MR) is 137 cm³/mol. The van der Waals surface area contributed by atoms with Crippen LogP contribution in [0, 0.1) is 11.3 Å². The average Bonchev–Trinajstić information content (AvgIpc) is 2.83. The zero-order chi connectivity index (χ0) is 23.1. The van der Waals surface area contributed by atoms with E-state index in [1.807, 2.05) is 42.5 Å². The van der Waals surface area contributed by atoms with Gasteiger partial charge in [-0.2, -0.15) is 5.26 Å². The molecule has 0 atom stereocenters. The van der Waals surface area contributed by atoms with Gasteiger partial charge in [-0.3, -0.25) is 4.79 Å². The molecule has 4 nitrogen and oxygen atoms in total. The second-order valence-corrected chi connectivity index (χ2v) is 9.77. The fraction of sp³-hybridized carbons (Fsp3) is 0.429. The summed E-state index contributed by atoms with van der Waals surface area (Å²) in [7, 11) is 0. The minimum absolute atomic E-state index is 0.112. The van der Waals surface area contributed by atoms with E-state index in [2.05, 4.69) is 28.8 Å². The number of amides is 1. The third-order valence-corrected chi connectivity index (χ3v) is 7.12. The molecular formula is C28H35N3OS. The van der Waals surface area contributed by atoms with Gasteiger partial charge in [0.05, 0.1) is 5.69 Å². The van der Waals surface area contributed by atoms with Gasteiger partial charge in [0.1, 0.15) is 11.6 Å². The van der Waals surface area contributed by atoms with E-state index in [4.69, 9.17) is 0 Å². The van der Waals surface area contributed by atoms with Crippen molar-refractivity contribution in [3.8, 4) is 6.07 Å². The van der Waals surface area contributed by atoms with Gasteiger partial charge in [-0.15, -0.1) is 0 Å². The maximum Gasteiger partial charge on any atom is 0.263 e. The summed E-state index contributed by atoms with van der Waals surface area (Å²) >= 11 is 1.65. The molecule has 0 bridgehead atoms. The zero-order valence-corrected chi connectivity index (χ0v) is 20.2. The molecule has 2 N–H and O–H groups in total. The molecule has 0 saturated heterocycles. The average molecular weight is 462 g/mol. The molecule has 0 radical (unpaired) electrons.